The molecule has 0 spiro atoms. The Morgan fingerprint density at radius 3 is 2.72 bits per heavy atom. The molecule has 0 aliphatic carbocycles. The molecule has 1 aromatic rings. The summed E-state index contributed by atoms with van der Waals surface area (Å²) in [5.41, 5.74) is 0.767. The fourth-order valence-electron chi connectivity index (χ4n) is 3.37. The van der Waals surface area contributed by atoms with Crippen LogP contribution < -0.4 is 5.32 Å². The van der Waals surface area contributed by atoms with Gasteiger partial charge in [-0.2, -0.15) is 0 Å². The maximum atomic E-state index is 12.3. The van der Waals surface area contributed by atoms with Crippen LogP contribution in [0.5, 0.6) is 0 Å². The molecule has 25 heavy (non-hydrogen) atoms. The van der Waals surface area contributed by atoms with Gasteiger partial charge in [0, 0.05) is 29.7 Å². The molecule has 1 aromatic carbocycles. The van der Waals surface area contributed by atoms with Gasteiger partial charge >= 0.3 is 6.09 Å². The Kier molecular flexibility index (Phi) is 6.75. The van der Waals surface area contributed by atoms with Crippen molar-refractivity contribution in [1.29, 1.82) is 0 Å². The zero-order valence-electron chi connectivity index (χ0n) is 16.0. The van der Waals surface area contributed by atoms with Crippen LogP contribution in [-0.2, 0) is 4.74 Å². The van der Waals surface area contributed by atoms with Gasteiger partial charge in [0.2, 0.25) is 0 Å². The highest BCUT2D eigenvalue weighted by atomic mass is 35.5. The van der Waals surface area contributed by atoms with Crippen LogP contribution in [0.25, 0.3) is 0 Å². The topological polar surface area (TPSA) is 41.6 Å². The van der Waals surface area contributed by atoms with Crippen molar-refractivity contribution < 1.29 is 9.53 Å². The number of piperidine rings is 1. The number of rotatable bonds is 4. The number of nitrogens with one attached hydrogen (secondary N) is 1. The van der Waals surface area contributed by atoms with Gasteiger partial charge in [-0.05, 0) is 64.7 Å². The van der Waals surface area contributed by atoms with Gasteiger partial charge in [-0.3, -0.25) is 0 Å². The number of hydrogen-bond donors (Lipinski definition) is 1. The van der Waals surface area contributed by atoms with E-state index in [-0.39, 0.29) is 18.2 Å². The molecule has 140 valence electrons. The van der Waals surface area contributed by atoms with E-state index in [2.05, 4.69) is 25.2 Å². The minimum Gasteiger partial charge on any atom is -0.444 e. The van der Waals surface area contributed by atoms with Crippen LogP contribution in [0.2, 0.25) is 5.02 Å². The Labute approximate surface area is 156 Å². The summed E-state index contributed by atoms with van der Waals surface area (Å²) in [7, 11) is 0. The Hall–Kier alpha value is -1.26. The number of carbonyl (C=O) groups excluding carboxylic acids is 1. The van der Waals surface area contributed by atoms with Gasteiger partial charge in [0.25, 0.3) is 0 Å². The fourth-order valence-corrected chi connectivity index (χ4v) is 3.57. The van der Waals surface area contributed by atoms with Gasteiger partial charge in [0.1, 0.15) is 5.60 Å². The van der Waals surface area contributed by atoms with Crippen LogP contribution in [0.1, 0.15) is 65.5 Å². The zero-order valence-corrected chi connectivity index (χ0v) is 16.8. The molecular formula is C20H31ClN2O2. The molecule has 2 rings (SSSR count). The smallest absolute Gasteiger partial charge is 0.410 e. The number of amides is 1. The number of ether oxygens (including phenoxy) is 1. The van der Waals surface area contributed by atoms with E-state index in [1.165, 1.54) is 5.56 Å². The highest BCUT2D eigenvalue weighted by Gasteiger charge is 2.32. The predicted octanol–water partition coefficient (Wildman–Crippen LogP) is 5.17. The summed E-state index contributed by atoms with van der Waals surface area (Å²) in [5.74, 6) is 0. The van der Waals surface area contributed by atoms with E-state index < -0.39 is 5.60 Å². The monoisotopic (exact) mass is 366 g/mol. The molecule has 1 amide bonds. The third kappa shape index (κ3) is 5.89. The molecule has 0 aromatic heterocycles. The molecule has 3 unspecified atom stereocenters. The van der Waals surface area contributed by atoms with Gasteiger partial charge in [0.05, 0.1) is 0 Å². The van der Waals surface area contributed by atoms with Crippen LogP contribution >= 0.6 is 11.6 Å². The summed E-state index contributed by atoms with van der Waals surface area (Å²) >= 11 is 6.13. The molecule has 0 radical (unpaired) electrons. The summed E-state index contributed by atoms with van der Waals surface area (Å²) in [6, 6.07) is 8.88. The van der Waals surface area contributed by atoms with E-state index in [4.69, 9.17) is 16.3 Å². The third-order valence-electron chi connectivity index (χ3n) is 4.60. The van der Waals surface area contributed by atoms with E-state index >= 15 is 0 Å². The van der Waals surface area contributed by atoms with Crippen LogP contribution in [0.3, 0.4) is 0 Å². The average Bonchev–Trinajstić information content (AvgIpc) is 2.50. The Balaban J connectivity index is 1.94. The molecule has 1 N–H and O–H groups in total. The zero-order chi connectivity index (χ0) is 18.6. The highest BCUT2D eigenvalue weighted by molar-refractivity contribution is 6.30. The number of carbonyl (C=O) groups is 1. The summed E-state index contributed by atoms with van der Waals surface area (Å²) in [5, 5.41) is 4.52. The van der Waals surface area contributed by atoms with Gasteiger partial charge in [0.15, 0.2) is 0 Å². The van der Waals surface area contributed by atoms with Crippen LogP contribution in [0, 0.1) is 0 Å². The lowest BCUT2D eigenvalue weighted by molar-refractivity contribution is 0.00895. The average molecular weight is 367 g/mol. The van der Waals surface area contributed by atoms with Gasteiger partial charge in [-0.1, -0.05) is 30.7 Å². The highest BCUT2D eigenvalue weighted by Crippen LogP contribution is 2.25. The first kappa shape index (κ1) is 20.1. The van der Waals surface area contributed by atoms with Crippen LogP contribution in [0.15, 0.2) is 24.3 Å². The first-order valence-corrected chi connectivity index (χ1v) is 9.58. The Morgan fingerprint density at radius 1 is 1.44 bits per heavy atom. The van der Waals surface area contributed by atoms with Crippen molar-refractivity contribution in [3.63, 3.8) is 0 Å². The quantitative estimate of drug-likeness (QED) is 0.799. The molecule has 0 bridgehead atoms. The van der Waals surface area contributed by atoms with Crippen molar-refractivity contribution in [2.45, 2.75) is 77.6 Å². The van der Waals surface area contributed by atoms with Crippen molar-refractivity contribution in [2.24, 2.45) is 0 Å². The first-order chi connectivity index (χ1) is 11.7. The van der Waals surface area contributed by atoms with Gasteiger partial charge in [-0.25, -0.2) is 4.79 Å². The maximum Gasteiger partial charge on any atom is 0.410 e. The van der Waals surface area contributed by atoms with E-state index in [1.54, 1.807) is 0 Å². The summed E-state index contributed by atoms with van der Waals surface area (Å²) < 4.78 is 5.52. The standard InChI is InChI=1S/C20H31ClN2O2/c1-6-18(15-8-7-9-16(21)13-15)22-17-10-11-23(14(2)12-17)19(24)25-20(3,4)5/h7-9,13-14,17-18,22H,6,10-12H2,1-5H3. The molecule has 1 fully saturated rings. The SMILES string of the molecule is CCC(NC1CCN(C(=O)OC(C)(C)C)C(C)C1)c1cccc(Cl)c1. The molecule has 1 aliphatic rings. The van der Waals surface area contributed by atoms with Crippen molar-refractivity contribution in [3.8, 4) is 0 Å². The fraction of sp³-hybridized carbons (Fsp3) is 0.650. The third-order valence-corrected chi connectivity index (χ3v) is 4.84. The normalized spacial score (nSPS) is 22.6. The molecule has 1 heterocycles. The van der Waals surface area contributed by atoms with Crippen molar-refractivity contribution in [2.75, 3.05) is 6.54 Å². The first-order valence-electron chi connectivity index (χ1n) is 9.20. The Bertz CT molecular complexity index is 585. The molecule has 4 nitrogen and oxygen atoms in total. The lowest BCUT2D eigenvalue weighted by Crippen LogP contribution is -2.51. The number of nitrogens with zero attached hydrogens (tertiary/aromatic N) is 1. The number of benzene rings is 1. The lowest BCUT2D eigenvalue weighted by atomic mass is 9.95. The second-order valence-corrected chi connectivity index (χ2v) is 8.36. The summed E-state index contributed by atoms with van der Waals surface area (Å²) in [4.78, 5) is 14.2. The molecule has 1 saturated heterocycles. The van der Waals surface area contributed by atoms with E-state index in [0.717, 1.165) is 30.8 Å². The second-order valence-electron chi connectivity index (χ2n) is 7.93. The summed E-state index contributed by atoms with van der Waals surface area (Å²) in [6.07, 6.45) is 2.65. The van der Waals surface area contributed by atoms with Gasteiger partial charge in [-0.15, -0.1) is 0 Å². The lowest BCUT2D eigenvalue weighted by Gasteiger charge is -2.39. The molecule has 5 heteroatoms. The van der Waals surface area contributed by atoms with E-state index in [0.29, 0.717) is 6.04 Å². The Morgan fingerprint density at radius 2 is 2.16 bits per heavy atom. The van der Waals surface area contributed by atoms with Gasteiger partial charge < -0.3 is 15.0 Å². The minimum absolute atomic E-state index is 0.165. The number of likely N-dealkylation sites (tertiary alicyclic amines) is 1. The predicted molar refractivity (Wildman–Crippen MR) is 103 cm³/mol. The van der Waals surface area contributed by atoms with Crippen LogP contribution in [0.4, 0.5) is 4.79 Å². The van der Waals surface area contributed by atoms with Crippen molar-refractivity contribution >= 4 is 17.7 Å². The summed E-state index contributed by atoms with van der Waals surface area (Å²) in [6.45, 7) is 10.7. The largest absolute Gasteiger partial charge is 0.444 e. The molecule has 3 atom stereocenters. The van der Waals surface area contributed by atoms with Crippen LogP contribution in [-0.4, -0.2) is 35.2 Å². The van der Waals surface area contributed by atoms with Crippen molar-refractivity contribution in [1.82, 2.24) is 10.2 Å². The maximum absolute atomic E-state index is 12.3. The minimum atomic E-state index is -0.453. The van der Waals surface area contributed by atoms with E-state index in [1.807, 2.05) is 43.9 Å². The molecular weight excluding hydrogens is 336 g/mol. The number of halogens is 1. The molecule has 1 aliphatic heterocycles. The second kappa shape index (κ2) is 8.41. The number of hydrogen-bond acceptors (Lipinski definition) is 3. The van der Waals surface area contributed by atoms with Crippen molar-refractivity contribution in [3.05, 3.63) is 34.9 Å². The molecule has 0 saturated carbocycles. The van der Waals surface area contributed by atoms with E-state index in [9.17, 15) is 4.79 Å².